The number of carbonyl (C=O) groups excluding carboxylic acids is 1. The molecule has 0 atom stereocenters. The minimum atomic E-state index is -1.12. The van der Waals surface area contributed by atoms with E-state index in [2.05, 4.69) is 5.32 Å². The highest BCUT2D eigenvalue weighted by atomic mass is 16.5. The first-order chi connectivity index (χ1) is 8.31. The van der Waals surface area contributed by atoms with Crippen molar-refractivity contribution in [1.29, 1.82) is 0 Å². The maximum Gasteiger partial charge on any atom is 0.322 e. The van der Waals surface area contributed by atoms with Gasteiger partial charge in [0.15, 0.2) is 5.60 Å². The molecule has 18 heavy (non-hydrogen) atoms. The number of carbonyl (C=O) groups is 2. The molecule has 1 amide bonds. The molecular formula is C13H17NO4. The van der Waals surface area contributed by atoms with Gasteiger partial charge in [-0.1, -0.05) is 12.1 Å². The lowest BCUT2D eigenvalue weighted by Crippen LogP contribution is -2.47. The predicted molar refractivity (Wildman–Crippen MR) is 66.5 cm³/mol. The maximum absolute atomic E-state index is 11.8. The van der Waals surface area contributed by atoms with Gasteiger partial charge in [-0.05, 0) is 38.5 Å². The summed E-state index contributed by atoms with van der Waals surface area (Å²) in [6.45, 7) is 4.68. The van der Waals surface area contributed by atoms with Gasteiger partial charge in [0, 0.05) is 0 Å². The third kappa shape index (κ3) is 4.08. The van der Waals surface area contributed by atoms with Crippen molar-refractivity contribution >= 4 is 11.9 Å². The van der Waals surface area contributed by atoms with E-state index in [0.29, 0.717) is 5.75 Å². The number of aliphatic carboxylic acids is 1. The molecule has 1 aromatic carbocycles. The SMILES string of the molecule is Cc1cccc(OC(C)(C)C(=O)NCC(=O)O)c1. The molecule has 0 heterocycles. The Morgan fingerprint density at radius 1 is 1.39 bits per heavy atom. The predicted octanol–water partition coefficient (Wildman–Crippen LogP) is 1.35. The Kier molecular flexibility index (Phi) is 4.31. The molecule has 0 unspecified atom stereocenters. The average molecular weight is 251 g/mol. The van der Waals surface area contributed by atoms with Crippen molar-refractivity contribution in [3.8, 4) is 5.75 Å². The summed E-state index contributed by atoms with van der Waals surface area (Å²) in [5.41, 5.74) is -0.0993. The van der Waals surface area contributed by atoms with Crippen molar-refractivity contribution in [1.82, 2.24) is 5.32 Å². The maximum atomic E-state index is 11.8. The van der Waals surface area contributed by atoms with Crippen molar-refractivity contribution in [3.63, 3.8) is 0 Å². The van der Waals surface area contributed by atoms with Crippen LogP contribution in [0.15, 0.2) is 24.3 Å². The molecule has 0 aliphatic carbocycles. The Labute approximate surface area is 106 Å². The molecule has 1 aromatic rings. The zero-order chi connectivity index (χ0) is 13.8. The van der Waals surface area contributed by atoms with Gasteiger partial charge < -0.3 is 15.2 Å². The van der Waals surface area contributed by atoms with Gasteiger partial charge in [-0.3, -0.25) is 9.59 Å². The van der Waals surface area contributed by atoms with Crippen molar-refractivity contribution in [2.45, 2.75) is 26.4 Å². The van der Waals surface area contributed by atoms with Crippen LogP contribution in [0.1, 0.15) is 19.4 Å². The van der Waals surface area contributed by atoms with Crippen LogP contribution < -0.4 is 10.1 Å². The molecular weight excluding hydrogens is 234 g/mol. The fourth-order valence-electron chi connectivity index (χ4n) is 1.39. The van der Waals surface area contributed by atoms with Gasteiger partial charge in [0.05, 0.1) is 0 Å². The molecule has 0 bridgehead atoms. The lowest BCUT2D eigenvalue weighted by molar-refractivity contribution is -0.141. The van der Waals surface area contributed by atoms with E-state index in [1.807, 2.05) is 25.1 Å². The Morgan fingerprint density at radius 3 is 2.61 bits per heavy atom. The van der Waals surface area contributed by atoms with E-state index in [9.17, 15) is 9.59 Å². The van der Waals surface area contributed by atoms with Gasteiger partial charge in [-0.15, -0.1) is 0 Å². The standard InChI is InChI=1S/C13H17NO4/c1-9-5-4-6-10(7-9)18-13(2,3)12(17)14-8-11(15)16/h4-7H,8H2,1-3H3,(H,14,17)(H,15,16). The first kappa shape index (κ1) is 14.0. The summed E-state index contributed by atoms with van der Waals surface area (Å²) in [6.07, 6.45) is 0. The molecule has 1 rings (SSSR count). The summed E-state index contributed by atoms with van der Waals surface area (Å²) in [6, 6.07) is 7.31. The molecule has 2 N–H and O–H groups in total. The smallest absolute Gasteiger partial charge is 0.322 e. The van der Waals surface area contributed by atoms with Crippen LogP contribution in [-0.4, -0.2) is 29.1 Å². The molecule has 0 fully saturated rings. The van der Waals surface area contributed by atoms with Crippen molar-refractivity contribution in [2.24, 2.45) is 0 Å². The summed E-state index contributed by atoms with van der Waals surface area (Å²) in [5.74, 6) is -0.980. The number of carboxylic acid groups (broad SMARTS) is 1. The fraction of sp³-hybridized carbons (Fsp3) is 0.385. The number of ether oxygens (including phenoxy) is 1. The minimum Gasteiger partial charge on any atom is -0.480 e. The van der Waals surface area contributed by atoms with Crippen LogP contribution in [0, 0.1) is 6.92 Å². The van der Waals surface area contributed by atoms with Crippen molar-refractivity contribution in [3.05, 3.63) is 29.8 Å². The number of carboxylic acids is 1. The first-order valence-electron chi connectivity index (χ1n) is 5.57. The van der Waals surface area contributed by atoms with Crippen LogP contribution in [0.5, 0.6) is 5.75 Å². The summed E-state index contributed by atoms with van der Waals surface area (Å²) in [5, 5.41) is 10.8. The number of aryl methyl sites for hydroxylation is 1. The zero-order valence-corrected chi connectivity index (χ0v) is 10.7. The van der Waals surface area contributed by atoms with E-state index < -0.39 is 24.0 Å². The largest absolute Gasteiger partial charge is 0.480 e. The molecule has 0 radical (unpaired) electrons. The Morgan fingerprint density at radius 2 is 2.06 bits per heavy atom. The zero-order valence-electron chi connectivity index (χ0n) is 10.7. The molecule has 98 valence electrons. The summed E-state index contributed by atoms with van der Waals surface area (Å²) in [4.78, 5) is 22.1. The van der Waals surface area contributed by atoms with Gasteiger partial charge in [0.25, 0.3) is 5.91 Å². The third-order valence-corrected chi connectivity index (χ3v) is 2.31. The molecule has 5 heteroatoms. The summed E-state index contributed by atoms with van der Waals surface area (Å²) < 4.78 is 5.57. The molecule has 0 spiro atoms. The fourth-order valence-corrected chi connectivity index (χ4v) is 1.39. The van der Waals surface area contributed by atoms with Crippen LogP contribution in [-0.2, 0) is 9.59 Å². The highest BCUT2D eigenvalue weighted by Gasteiger charge is 2.30. The van der Waals surface area contributed by atoms with E-state index in [1.54, 1.807) is 19.9 Å². The second-order valence-electron chi connectivity index (χ2n) is 4.51. The molecule has 0 aliphatic heterocycles. The summed E-state index contributed by atoms with van der Waals surface area (Å²) in [7, 11) is 0. The van der Waals surface area contributed by atoms with Gasteiger partial charge in [0.1, 0.15) is 12.3 Å². The van der Waals surface area contributed by atoms with E-state index in [4.69, 9.17) is 9.84 Å². The van der Waals surface area contributed by atoms with E-state index in [1.165, 1.54) is 0 Å². The topological polar surface area (TPSA) is 75.6 Å². The number of hydrogen-bond acceptors (Lipinski definition) is 3. The molecule has 0 aromatic heterocycles. The molecule has 0 aliphatic rings. The van der Waals surface area contributed by atoms with Gasteiger partial charge in [0.2, 0.25) is 0 Å². The van der Waals surface area contributed by atoms with Crippen LogP contribution in [0.25, 0.3) is 0 Å². The number of rotatable bonds is 5. The van der Waals surface area contributed by atoms with E-state index in [-0.39, 0.29) is 0 Å². The monoisotopic (exact) mass is 251 g/mol. The first-order valence-corrected chi connectivity index (χ1v) is 5.57. The van der Waals surface area contributed by atoms with Crippen molar-refractivity contribution in [2.75, 3.05) is 6.54 Å². The lowest BCUT2D eigenvalue weighted by atomic mass is 10.1. The number of amides is 1. The van der Waals surface area contributed by atoms with Crippen LogP contribution in [0.2, 0.25) is 0 Å². The second-order valence-corrected chi connectivity index (χ2v) is 4.51. The van der Waals surface area contributed by atoms with Gasteiger partial charge in [-0.2, -0.15) is 0 Å². The lowest BCUT2D eigenvalue weighted by Gasteiger charge is -2.25. The van der Waals surface area contributed by atoms with Crippen molar-refractivity contribution < 1.29 is 19.4 Å². The van der Waals surface area contributed by atoms with Gasteiger partial charge in [-0.25, -0.2) is 0 Å². The molecule has 5 nitrogen and oxygen atoms in total. The highest BCUT2D eigenvalue weighted by Crippen LogP contribution is 2.19. The number of nitrogens with one attached hydrogen (secondary N) is 1. The molecule has 0 saturated heterocycles. The normalized spacial score (nSPS) is 10.8. The summed E-state index contributed by atoms with van der Waals surface area (Å²) >= 11 is 0. The van der Waals surface area contributed by atoms with E-state index in [0.717, 1.165) is 5.56 Å². The number of hydrogen-bond donors (Lipinski definition) is 2. The molecule has 0 saturated carbocycles. The quantitative estimate of drug-likeness (QED) is 0.828. The van der Waals surface area contributed by atoms with Crippen LogP contribution in [0.4, 0.5) is 0 Å². The van der Waals surface area contributed by atoms with Crippen LogP contribution >= 0.6 is 0 Å². The van der Waals surface area contributed by atoms with E-state index >= 15 is 0 Å². The van der Waals surface area contributed by atoms with Gasteiger partial charge >= 0.3 is 5.97 Å². The van der Waals surface area contributed by atoms with Crippen LogP contribution in [0.3, 0.4) is 0 Å². The Balaban J connectivity index is 2.68. The minimum absolute atomic E-state index is 0.417. The Hall–Kier alpha value is -2.04. The average Bonchev–Trinajstić information content (AvgIpc) is 2.25. The second kappa shape index (κ2) is 5.53. The third-order valence-electron chi connectivity index (χ3n) is 2.31. The highest BCUT2D eigenvalue weighted by molar-refractivity contribution is 5.87. The Bertz CT molecular complexity index is 454. The number of benzene rings is 1.